The third-order valence-corrected chi connectivity index (χ3v) is 4.20. The van der Waals surface area contributed by atoms with E-state index in [9.17, 15) is 8.42 Å². The SMILES string of the molecule is Cc1nnc(Sc2cccc(S(C)(=O)=O)c2N)o1. The van der Waals surface area contributed by atoms with Crippen LogP contribution in [0.1, 0.15) is 5.89 Å². The van der Waals surface area contributed by atoms with E-state index in [1.165, 1.54) is 6.07 Å². The minimum atomic E-state index is -3.35. The van der Waals surface area contributed by atoms with Gasteiger partial charge in [0.25, 0.3) is 5.22 Å². The molecule has 0 fully saturated rings. The van der Waals surface area contributed by atoms with Crippen LogP contribution in [-0.2, 0) is 9.84 Å². The third kappa shape index (κ3) is 2.65. The summed E-state index contributed by atoms with van der Waals surface area (Å²) in [7, 11) is -3.35. The predicted molar refractivity (Wildman–Crippen MR) is 67.1 cm³/mol. The van der Waals surface area contributed by atoms with Gasteiger partial charge in [-0.3, -0.25) is 0 Å². The summed E-state index contributed by atoms with van der Waals surface area (Å²) in [6, 6.07) is 4.79. The van der Waals surface area contributed by atoms with Crippen LogP contribution in [0.2, 0.25) is 0 Å². The molecule has 0 radical (unpaired) electrons. The van der Waals surface area contributed by atoms with Crippen LogP contribution in [0.15, 0.2) is 37.6 Å². The highest BCUT2D eigenvalue weighted by Gasteiger charge is 2.16. The van der Waals surface area contributed by atoms with Gasteiger partial charge in [0.15, 0.2) is 9.84 Å². The highest BCUT2D eigenvalue weighted by atomic mass is 32.2. The predicted octanol–water partition coefficient (Wildman–Crippen LogP) is 1.51. The van der Waals surface area contributed by atoms with Crippen LogP contribution >= 0.6 is 11.8 Å². The Hall–Kier alpha value is -1.54. The maximum atomic E-state index is 11.5. The van der Waals surface area contributed by atoms with Crippen LogP contribution in [0.4, 0.5) is 5.69 Å². The van der Waals surface area contributed by atoms with E-state index in [1.54, 1.807) is 19.1 Å². The van der Waals surface area contributed by atoms with Crippen molar-refractivity contribution in [2.45, 2.75) is 21.9 Å². The van der Waals surface area contributed by atoms with Gasteiger partial charge in [-0.25, -0.2) is 8.42 Å². The second kappa shape index (κ2) is 4.62. The molecule has 0 saturated carbocycles. The van der Waals surface area contributed by atoms with Crippen molar-refractivity contribution in [2.75, 3.05) is 12.0 Å². The fourth-order valence-corrected chi connectivity index (χ4v) is 3.05. The Bertz CT molecular complexity index is 679. The number of anilines is 1. The number of aromatic nitrogens is 2. The van der Waals surface area contributed by atoms with Gasteiger partial charge in [-0.1, -0.05) is 6.07 Å². The monoisotopic (exact) mass is 285 g/mol. The van der Waals surface area contributed by atoms with E-state index in [0.29, 0.717) is 16.0 Å². The Morgan fingerprint density at radius 2 is 2.06 bits per heavy atom. The van der Waals surface area contributed by atoms with Crippen molar-refractivity contribution < 1.29 is 12.8 Å². The summed E-state index contributed by atoms with van der Waals surface area (Å²) in [5, 5.41) is 7.83. The third-order valence-electron chi connectivity index (χ3n) is 2.13. The number of sulfone groups is 1. The molecule has 2 aromatic rings. The lowest BCUT2D eigenvalue weighted by atomic mass is 10.3. The van der Waals surface area contributed by atoms with Gasteiger partial charge < -0.3 is 10.2 Å². The molecule has 0 aliphatic carbocycles. The molecule has 0 amide bonds. The normalized spacial score (nSPS) is 11.7. The Balaban J connectivity index is 2.41. The van der Waals surface area contributed by atoms with Gasteiger partial charge in [-0.15, -0.1) is 10.2 Å². The highest BCUT2D eigenvalue weighted by molar-refractivity contribution is 7.99. The Morgan fingerprint density at radius 3 is 2.61 bits per heavy atom. The van der Waals surface area contributed by atoms with E-state index in [4.69, 9.17) is 10.2 Å². The average Bonchev–Trinajstić information content (AvgIpc) is 2.65. The Labute approximate surface area is 109 Å². The van der Waals surface area contributed by atoms with E-state index in [2.05, 4.69) is 10.2 Å². The first-order valence-electron chi connectivity index (χ1n) is 4.94. The number of benzene rings is 1. The van der Waals surface area contributed by atoms with Gasteiger partial charge in [-0.2, -0.15) is 0 Å². The quantitative estimate of drug-likeness (QED) is 0.853. The fraction of sp³-hybridized carbons (Fsp3) is 0.200. The van der Waals surface area contributed by atoms with Crippen molar-refractivity contribution in [3.05, 3.63) is 24.1 Å². The molecule has 0 aliphatic rings. The number of nitrogens with two attached hydrogens (primary N) is 1. The average molecular weight is 285 g/mol. The van der Waals surface area contributed by atoms with Crippen molar-refractivity contribution >= 4 is 27.3 Å². The molecular weight excluding hydrogens is 274 g/mol. The van der Waals surface area contributed by atoms with Gasteiger partial charge in [0.1, 0.15) is 0 Å². The number of nitrogen functional groups attached to an aromatic ring is 1. The number of hydrogen-bond donors (Lipinski definition) is 1. The van der Waals surface area contributed by atoms with Gasteiger partial charge in [0.05, 0.1) is 10.6 Å². The molecule has 1 heterocycles. The van der Waals surface area contributed by atoms with Crippen LogP contribution in [0.3, 0.4) is 0 Å². The van der Waals surface area contributed by atoms with Crippen LogP contribution in [0, 0.1) is 6.92 Å². The summed E-state index contributed by atoms with van der Waals surface area (Å²) < 4.78 is 28.2. The molecule has 2 rings (SSSR count). The van der Waals surface area contributed by atoms with E-state index in [-0.39, 0.29) is 10.6 Å². The maximum Gasteiger partial charge on any atom is 0.281 e. The molecule has 0 bridgehead atoms. The first kappa shape index (κ1) is 12.9. The lowest BCUT2D eigenvalue weighted by Crippen LogP contribution is -2.03. The second-order valence-electron chi connectivity index (χ2n) is 3.63. The maximum absolute atomic E-state index is 11.5. The number of rotatable bonds is 3. The van der Waals surface area contributed by atoms with E-state index in [1.807, 2.05) is 0 Å². The number of aryl methyl sites for hydroxylation is 1. The van der Waals surface area contributed by atoms with E-state index in [0.717, 1.165) is 18.0 Å². The standard InChI is InChI=1S/C10H11N3O3S2/c1-6-12-13-10(16-6)17-7-4-3-5-8(9(7)11)18(2,14)15/h3-5H,11H2,1-2H3. The summed E-state index contributed by atoms with van der Waals surface area (Å²) in [6.07, 6.45) is 1.12. The minimum Gasteiger partial charge on any atom is -0.416 e. The lowest BCUT2D eigenvalue weighted by Gasteiger charge is -2.07. The Morgan fingerprint density at radius 1 is 1.33 bits per heavy atom. The number of hydrogen-bond acceptors (Lipinski definition) is 7. The molecule has 8 heteroatoms. The molecule has 18 heavy (non-hydrogen) atoms. The summed E-state index contributed by atoms with van der Waals surface area (Å²) in [6.45, 7) is 1.67. The molecule has 6 nitrogen and oxygen atoms in total. The van der Waals surface area contributed by atoms with Crippen molar-refractivity contribution in [3.63, 3.8) is 0 Å². The van der Waals surface area contributed by atoms with Crippen LogP contribution in [-0.4, -0.2) is 24.9 Å². The summed E-state index contributed by atoms with van der Waals surface area (Å²) >= 11 is 1.14. The first-order valence-corrected chi connectivity index (χ1v) is 7.65. The second-order valence-corrected chi connectivity index (χ2v) is 6.61. The highest BCUT2D eigenvalue weighted by Crippen LogP contribution is 2.34. The molecule has 2 N–H and O–H groups in total. The zero-order valence-electron chi connectivity index (χ0n) is 9.75. The molecule has 96 valence electrons. The molecule has 0 aliphatic heterocycles. The van der Waals surface area contributed by atoms with Gasteiger partial charge >= 0.3 is 0 Å². The lowest BCUT2D eigenvalue weighted by molar-refractivity contribution is 0.429. The number of nitrogens with zero attached hydrogens (tertiary/aromatic N) is 2. The summed E-state index contributed by atoms with van der Waals surface area (Å²) in [5.41, 5.74) is 6.03. The van der Waals surface area contributed by atoms with Crippen molar-refractivity contribution in [1.82, 2.24) is 10.2 Å². The van der Waals surface area contributed by atoms with Crippen LogP contribution < -0.4 is 5.73 Å². The van der Waals surface area contributed by atoms with Crippen molar-refractivity contribution in [3.8, 4) is 0 Å². The molecular formula is C10H11N3O3S2. The summed E-state index contributed by atoms with van der Waals surface area (Å²) in [4.78, 5) is 0.672. The smallest absolute Gasteiger partial charge is 0.281 e. The van der Waals surface area contributed by atoms with Crippen molar-refractivity contribution in [2.24, 2.45) is 0 Å². The molecule has 0 spiro atoms. The van der Waals surface area contributed by atoms with Crippen LogP contribution in [0.25, 0.3) is 0 Å². The fourth-order valence-electron chi connectivity index (χ4n) is 1.35. The minimum absolute atomic E-state index is 0.101. The zero-order valence-corrected chi connectivity index (χ0v) is 11.4. The van der Waals surface area contributed by atoms with E-state index < -0.39 is 9.84 Å². The van der Waals surface area contributed by atoms with Gasteiger partial charge in [0, 0.05) is 18.1 Å². The molecule has 0 unspecified atom stereocenters. The topological polar surface area (TPSA) is 99.1 Å². The summed E-state index contributed by atoms with van der Waals surface area (Å²) in [5.74, 6) is 0.440. The zero-order chi connectivity index (χ0) is 13.3. The Kier molecular flexibility index (Phi) is 3.31. The van der Waals surface area contributed by atoms with Gasteiger partial charge in [0.2, 0.25) is 5.89 Å². The van der Waals surface area contributed by atoms with Crippen LogP contribution in [0.5, 0.6) is 0 Å². The molecule has 1 aromatic carbocycles. The molecule has 1 aromatic heterocycles. The first-order chi connectivity index (χ1) is 8.38. The number of para-hydroxylation sites is 1. The van der Waals surface area contributed by atoms with E-state index >= 15 is 0 Å². The largest absolute Gasteiger partial charge is 0.416 e. The molecule has 0 atom stereocenters. The van der Waals surface area contributed by atoms with Gasteiger partial charge in [-0.05, 0) is 23.9 Å². The molecule has 0 saturated heterocycles. The van der Waals surface area contributed by atoms with Crippen molar-refractivity contribution in [1.29, 1.82) is 0 Å².